The number of nitrogens with zero attached hydrogens (tertiary/aromatic N) is 2. The van der Waals surface area contributed by atoms with Crippen molar-refractivity contribution in [3.8, 4) is 6.07 Å². The van der Waals surface area contributed by atoms with Crippen LogP contribution in [-0.4, -0.2) is 10.9 Å². The highest BCUT2D eigenvalue weighted by Gasteiger charge is 2.10. The fourth-order valence-corrected chi connectivity index (χ4v) is 2.26. The van der Waals surface area contributed by atoms with Gasteiger partial charge in [0.2, 0.25) is 0 Å². The summed E-state index contributed by atoms with van der Waals surface area (Å²) in [7, 11) is 0. The Morgan fingerprint density at radius 1 is 1.00 bits per heavy atom. The molecule has 0 saturated heterocycles. The number of anilines is 3. The van der Waals surface area contributed by atoms with E-state index >= 15 is 0 Å². The lowest BCUT2D eigenvalue weighted by molar-refractivity contribution is 0.102. The SMILES string of the molecule is N#Cc1ccccc1NC(=O)c1cncc(Nc2ccc(F)c(F)c2)c1. The van der Waals surface area contributed by atoms with E-state index < -0.39 is 17.5 Å². The highest BCUT2D eigenvalue weighted by molar-refractivity contribution is 6.05. The molecule has 0 unspecified atom stereocenters. The van der Waals surface area contributed by atoms with E-state index in [4.69, 9.17) is 5.26 Å². The molecule has 1 aromatic heterocycles. The molecule has 26 heavy (non-hydrogen) atoms. The van der Waals surface area contributed by atoms with Gasteiger partial charge in [-0.1, -0.05) is 12.1 Å². The summed E-state index contributed by atoms with van der Waals surface area (Å²) in [6, 6.07) is 13.5. The van der Waals surface area contributed by atoms with Gasteiger partial charge in [0.05, 0.1) is 28.7 Å². The summed E-state index contributed by atoms with van der Waals surface area (Å²) in [5.74, 6) is -2.38. The van der Waals surface area contributed by atoms with Gasteiger partial charge in [-0.3, -0.25) is 9.78 Å². The summed E-state index contributed by atoms with van der Waals surface area (Å²) in [5.41, 5.74) is 1.71. The van der Waals surface area contributed by atoms with E-state index in [0.717, 1.165) is 12.1 Å². The van der Waals surface area contributed by atoms with Crippen LogP contribution in [0.25, 0.3) is 0 Å². The van der Waals surface area contributed by atoms with Crippen LogP contribution < -0.4 is 10.6 Å². The number of nitrogens with one attached hydrogen (secondary N) is 2. The zero-order valence-corrected chi connectivity index (χ0v) is 13.3. The predicted octanol–water partition coefficient (Wildman–Crippen LogP) is 4.23. The van der Waals surface area contributed by atoms with E-state index in [0.29, 0.717) is 22.6 Å². The highest BCUT2D eigenvalue weighted by Crippen LogP contribution is 2.20. The van der Waals surface area contributed by atoms with Gasteiger partial charge in [0.1, 0.15) is 6.07 Å². The molecule has 1 amide bonds. The molecular weight excluding hydrogens is 338 g/mol. The van der Waals surface area contributed by atoms with E-state index in [1.165, 1.54) is 24.5 Å². The van der Waals surface area contributed by atoms with Crippen molar-refractivity contribution < 1.29 is 13.6 Å². The first-order chi connectivity index (χ1) is 12.6. The fourth-order valence-electron chi connectivity index (χ4n) is 2.26. The maximum absolute atomic E-state index is 13.3. The average Bonchev–Trinajstić information content (AvgIpc) is 2.65. The van der Waals surface area contributed by atoms with Crippen LogP contribution in [0.15, 0.2) is 60.9 Å². The number of carbonyl (C=O) groups is 1. The van der Waals surface area contributed by atoms with Crippen molar-refractivity contribution in [3.05, 3.63) is 83.7 Å². The van der Waals surface area contributed by atoms with Crippen LogP contribution in [0.4, 0.5) is 25.8 Å². The number of amides is 1. The summed E-state index contributed by atoms with van der Waals surface area (Å²) in [6.45, 7) is 0. The molecule has 0 atom stereocenters. The number of para-hydroxylation sites is 1. The normalized spacial score (nSPS) is 10.0. The van der Waals surface area contributed by atoms with Gasteiger partial charge in [-0.05, 0) is 30.3 Å². The minimum absolute atomic E-state index is 0.241. The first-order valence-electron chi connectivity index (χ1n) is 7.54. The summed E-state index contributed by atoms with van der Waals surface area (Å²) < 4.78 is 26.3. The Labute approximate surface area is 147 Å². The van der Waals surface area contributed by atoms with Gasteiger partial charge in [0, 0.05) is 18.0 Å². The molecule has 2 N–H and O–H groups in total. The molecule has 0 aliphatic carbocycles. The number of hydrogen-bond acceptors (Lipinski definition) is 4. The Kier molecular flexibility index (Phi) is 4.85. The number of carbonyl (C=O) groups excluding carboxylic acids is 1. The topological polar surface area (TPSA) is 77.8 Å². The minimum Gasteiger partial charge on any atom is -0.354 e. The number of nitriles is 1. The second-order valence-electron chi connectivity index (χ2n) is 5.33. The molecule has 2 aromatic carbocycles. The van der Waals surface area contributed by atoms with Gasteiger partial charge >= 0.3 is 0 Å². The molecule has 1 heterocycles. The van der Waals surface area contributed by atoms with Crippen LogP contribution in [-0.2, 0) is 0 Å². The third-order valence-corrected chi connectivity index (χ3v) is 3.50. The maximum atomic E-state index is 13.3. The number of aromatic nitrogens is 1. The largest absolute Gasteiger partial charge is 0.354 e. The maximum Gasteiger partial charge on any atom is 0.257 e. The summed E-state index contributed by atoms with van der Waals surface area (Å²) in [4.78, 5) is 16.4. The molecular formula is C19H12F2N4O. The molecule has 0 saturated carbocycles. The lowest BCUT2D eigenvalue weighted by Crippen LogP contribution is -2.13. The van der Waals surface area contributed by atoms with E-state index in [9.17, 15) is 13.6 Å². The Morgan fingerprint density at radius 3 is 2.58 bits per heavy atom. The van der Waals surface area contributed by atoms with E-state index in [1.807, 2.05) is 6.07 Å². The lowest BCUT2D eigenvalue weighted by Gasteiger charge is -2.09. The van der Waals surface area contributed by atoms with Gasteiger partial charge in [0.25, 0.3) is 5.91 Å². The Bertz CT molecular complexity index is 1010. The van der Waals surface area contributed by atoms with Crippen molar-refractivity contribution in [1.82, 2.24) is 4.98 Å². The first kappa shape index (κ1) is 17.0. The van der Waals surface area contributed by atoms with Gasteiger partial charge in [-0.25, -0.2) is 8.78 Å². The van der Waals surface area contributed by atoms with Crippen molar-refractivity contribution >= 4 is 23.0 Å². The second-order valence-corrected chi connectivity index (χ2v) is 5.33. The van der Waals surface area contributed by atoms with Crippen molar-refractivity contribution in [1.29, 1.82) is 5.26 Å². The Balaban J connectivity index is 1.79. The minimum atomic E-state index is -0.982. The molecule has 0 radical (unpaired) electrons. The molecule has 0 aliphatic heterocycles. The summed E-state index contributed by atoms with van der Waals surface area (Å²) in [5, 5.41) is 14.6. The van der Waals surface area contributed by atoms with E-state index in [2.05, 4.69) is 15.6 Å². The van der Waals surface area contributed by atoms with Gasteiger partial charge in [-0.15, -0.1) is 0 Å². The molecule has 0 fully saturated rings. The predicted molar refractivity (Wildman–Crippen MR) is 93.0 cm³/mol. The zero-order valence-electron chi connectivity index (χ0n) is 13.3. The third-order valence-electron chi connectivity index (χ3n) is 3.50. The summed E-state index contributed by atoms with van der Waals surface area (Å²) >= 11 is 0. The van der Waals surface area contributed by atoms with Crippen LogP contribution in [0, 0.1) is 23.0 Å². The fraction of sp³-hybridized carbons (Fsp3) is 0. The number of halogens is 2. The number of benzene rings is 2. The van der Waals surface area contributed by atoms with Crippen LogP contribution in [0.5, 0.6) is 0 Å². The standard InChI is InChI=1S/C19H12F2N4O/c20-16-6-5-14(8-17(16)21)24-15-7-13(10-23-11-15)19(26)25-18-4-2-1-3-12(18)9-22/h1-8,10-11,24H,(H,25,26). The number of pyridine rings is 1. The zero-order chi connectivity index (χ0) is 18.5. The van der Waals surface area contributed by atoms with Gasteiger partial charge in [-0.2, -0.15) is 5.26 Å². The second kappa shape index (κ2) is 7.40. The van der Waals surface area contributed by atoms with Crippen LogP contribution in [0.3, 0.4) is 0 Å². The third kappa shape index (κ3) is 3.82. The quantitative estimate of drug-likeness (QED) is 0.738. The highest BCUT2D eigenvalue weighted by atomic mass is 19.2. The average molecular weight is 350 g/mol. The van der Waals surface area contributed by atoms with Crippen LogP contribution >= 0.6 is 0 Å². The van der Waals surface area contributed by atoms with Crippen molar-refractivity contribution in [3.63, 3.8) is 0 Å². The number of hydrogen-bond donors (Lipinski definition) is 2. The number of rotatable bonds is 4. The molecule has 0 bridgehead atoms. The molecule has 3 rings (SSSR count). The lowest BCUT2D eigenvalue weighted by atomic mass is 10.2. The molecule has 0 spiro atoms. The molecule has 128 valence electrons. The van der Waals surface area contributed by atoms with E-state index in [-0.39, 0.29) is 5.56 Å². The Morgan fingerprint density at radius 2 is 1.81 bits per heavy atom. The smallest absolute Gasteiger partial charge is 0.257 e. The van der Waals surface area contributed by atoms with Crippen molar-refractivity contribution in [2.24, 2.45) is 0 Å². The summed E-state index contributed by atoms with van der Waals surface area (Å²) in [6.07, 6.45) is 2.81. The van der Waals surface area contributed by atoms with Crippen LogP contribution in [0.2, 0.25) is 0 Å². The molecule has 0 aliphatic rings. The first-order valence-corrected chi connectivity index (χ1v) is 7.54. The van der Waals surface area contributed by atoms with Crippen molar-refractivity contribution in [2.45, 2.75) is 0 Å². The Hall–Kier alpha value is -3.79. The monoisotopic (exact) mass is 350 g/mol. The molecule has 3 aromatic rings. The molecule has 5 nitrogen and oxygen atoms in total. The van der Waals surface area contributed by atoms with Gasteiger partial charge in [0.15, 0.2) is 11.6 Å². The molecule has 7 heteroatoms. The van der Waals surface area contributed by atoms with E-state index in [1.54, 1.807) is 24.3 Å². The van der Waals surface area contributed by atoms with Gasteiger partial charge < -0.3 is 10.6 Å². The van der Waals surface area contributed by atoms with Crippen molar-refractivity contribution in [2.75, 3.05) is 10.6 Å². The van der Waals surface area contributed by atoms with Crippen LogP contribution in [0.1, 0.15) is 15.9 Å².